The number of carbonyl (C=O) groups is 1. The second-order valence-electron chi connectivity index (χ2n) is 4.78. The Labute approximate surface area is 140 Å². The lowest BCUT2D eigenvalue weighted by atomic mass is 10.2. The molecule has 0 bridgehead atoms. The van der Waals surface area contributed by atoms with E-state index in [-0.39, 0.29) is 29.3 Å². The van der Waals surface area contributed by atoms with E-state index in [0.29, 0.717) is 4.57 Å². The number of hydrogen-bond acceptors (Lipinski definition) is 6. The third-order valence-corrected chi connectivity index (χ3v) is 3.54. The van der Waals surface area contributed by atoms with Gasteiger partial charge in [0.1, 0.15) is 12.4 Å². The van der Waals surface area contributed by atoms with Gasteiger partial charge in [0.15, 0.2) is 0 Å². The third-order valence-electron chi connectivity index (χ3n) is 3.21. The molecule has 0 fully saturated rings. The summed E-state index contributed by atoms with van der Waals surface area (Å²) in [5.74, 6) is -1.27. The van der Waals surface area contributed by atoms with Gasteiger partial charge in [0, 0.05) is 13.5 Å². The number of nitrogens with zero attached hydrogens (tertiary/aromatic N) is 3. The molecule has 9 nitrogen and oxygen atoms in total. The zero-order valence-electron chi connectivity index (χ0n) is 12.5. The summed E-state index contributed by atoms with van der Waals surface area (Å²) in [6, 6.07) is 3.82. The second-order valence-corrected chi connectivity index (χ2v) is 5.19. The van der Waals surface area contributed by atoms with Gasteiger partial charge < -0.3 is 14.9 Å². The van der Waals surface area contributed by atoms with Gasteiger partial charge in [0.05, 0.1) is 22.9 Å². The molecule has 0 aliphatic rings. The number of aliphatic hydroxyl groups is 1. The molecule has 24 heavy (non-hydrogen) atoms. The van der Waals surface area contributed by atoms with Crippen LogP contribution in [0.25, 0.3) is 5.69 Å². The summed E-state index contributed by atoms with van der Waals surface area (Å²) in [5, 5.41) is 22.8. The molecule has 1 atom stereocenters. The number of carboxylic acid groups (broad SMARTS) is 1. The van der Waals surface area contributed by atoms with E-state index in [0.717, 1.165) is 16.9 Å². The molecule has 0 amide bonds. The Kier molecular flexibility index (Phi) is 5.50. The molecule has 2 N–H and O–H groups in total. The largest absolute Gasteiger partial charge is 0.478 e. The minimum Gasteiger partial charge on any atom is -0.478 e. The van der Waals surface area contributed by atoms with Crippen LogP contribution in [0.15, 0.2) is 34.0 Å². The molecule has 10 heteroatoms. The van der Waals surface area contributed by atoms with Crippen LogP contribution in [0, 0.1) is 0 Å². The van der Waals surface area contributed by atoms with E-state index in [2.05, 4.69) is 5.10 Å². The molecule has 2 aromatic rings. The zero-order chi connectivity index (χ0) is 17.9. The van der Waals surface area contributed by atoms with Gasteiger partial charge in [-0.05, 0) is 18.2 Å². The maximum absolute atomic E-state index is 12.4. The average molecular weight is 356 g/mol. The first kappa shape index (κ1) is 17.9. The van der Waals surface area contributed by atoms with Gasteiger partial charge in [0.2, 0.25) is 0 Å². The number of methoxy groups -OCH3 is 1. The van der Waals surface area contributed by atoms with Gasteiger partial charge in [-0.1, -0.05) is 11.6 Å². The Morgan fingerprint density at radius 1 is 1.42 bits per heavy atom. The number of aromatic nitrogens is 3. The Bertz CT molecular complexity index is 876. The Hall–Kier alpha value is -2.49. The van der Waals surface area contributed by atoms with Crippen molar-refractivity contribution in [2.24, 2.45) is 0 Å². The van der Waals surface area contributed by atoms with Gasteiger partial charge in [-0.2, -0.15) is 9.78 Å². The summed E-state index contributed by atoms with van der Waals surface area (Å²) in [6.07, 6.45) is -0.520. The molecule has 1 aromatic carbocycles. The Morgan fingerprint density at radius 3 is 2.75 bits per heavy atom. The molecule has 1 aromatic heterocycles. The number of benzene rings is 1. The average Bonchev–Trinajstić information content (AvgIpc) is 2.53. The van der Waals surface area contributed by atoms with Crippen molar-refractivity contribution in [3.63, 3.8) is 0 Å². The van der Waals surface area contributed by atoms with Gasteiger partial charge in [0.25, 0.3) is 5.56 Å². The number of hydrogen-bond donors (Lipinski definition) is 2. The van der Waals surface area contributed by atoms with Crippen molar-refractivity contribution in [1.29, 1.82) is 0 Å². The quantitative estimate of drug-likeness (QED) is 0.762. The van der Waals surface area contributed by atoms with Crippen LogP contribution < -0.4 is 11.2 Å². The van der Waals surface area contributed by atoms with Gasteiger partial charge in [-0.25, -0.2) is 14.2 Å². The highest BCUT2D eigenvalue weighted by Gasteiger charge is 2.17. The molecule has 0 saturated heterocycles. The molecular weight excluding hydrogens is 342 g/mol. The predicted molar refractivity (Wildman–Crippen MR) is 83.8 cm³/mol. The fourth-order valence-electron chi connectivity index (χ4n) is 2.03. The van der Waals surface area contributed by atoms with Crippen molar-refractivity contribution in [3.05, 3.63) is 55.8 Å². The lowest BCUT2D eigenvalue weighted by molar-refractivity contribution is 0.0527. The maximum Gasteiger partial charge on any atom is 0.354 e. The monoisotopic (exact) mass is 355 g/mol. The third kappa shape index (κ3) is 3.53. The lowest BCUT2D eigenvalue weighted by Gasteiger charge is -2.14. The highest BCUT2D eigenvalue weighted by atomic mass is 35.5. The summed E-state index contributed by atoms with van der Waals surface area (Å²) in [6.45, 7) is 0.138. The van der Waals surface area contributed by atoms with E-state index < -0.39 is 23.4 Å². The molecule has 0 aliphatic heterocycles. The zero-order valence-corrected chi connectivity index (χ0v) is 13.3. The first-order chi connectivity index (χ1) is 11.4. The van der Waals surface area contributed by atoms with E-state index >= 15 is 0 Å². The fraction of sp³-hybridized carbons (Fsp3) is 0.286. The van der Waals surface area contributed by atoms with Crippen LogP contribution in [0.1, 0.15) is 23.0 Å². The van der Waals surface area contributed by atoms with Crippen LogP contribution in [0.5, 0.6) is 0 Å². The molecule has 2 rings (SSSR count). The summed E-state index contributed by atoms with van der Waals surface area (Å²) in [7, 11) is 1.42. The van der Waals surface area contributed by atoms with Crippen molar-refractivity contribution in [3.8, 4) is 5.69 Å². The van der Waals surface area contributed by atoms with E-state index in [1.54, 1.807) is 0 Å². The summed E-state index contributed by atoms with van der Waals surface area (Å²) in [5.41, 5.74) is -1.83. The molecule has 0 saturated carbocycles. The smallest absolute Gasteiger partial charge is 0.354 e. The van der Waals surface area contributed by atoms with Crippen LogP contribution >= 0.6 is 11.6 Å². The van der Waals surface area contributed by atoms with Crippen molar-refractivity contribution in [1.82, 2.24) is 14.3 Å². The number of ether oxygens (including phenoxy) is 1. The maximum atomic E-state index is 12.4. The summed E-state index contributed by atoms with van der Waals surface area (Å²) in [4.78, 5) is 35.4. The normalized spacial score (nSPS) is 12.1. The summed E-state index contributed by atoms with van der Waals surface area (Å²) < 4.78 is 6.22. The molecule has 1 heterocycles. The minimum atomic E-state index is -1.40. The lowest BCUT2D eigenvalue weighted by Crippen LogP contribution is -2.42. The second kappa shape index (κ2) is 7.39. The number of aromatic carboxylic acids is 1. The fourth-order valence-corrected chi connectivity index (χ4v) is 2.23. The minimum absolute atomic E-state index is 0.00671. The van der Waals surface area contributed by atoms with Crippen LogP contribution in [0.2, 0.25) is 5.02 Å². The van der Waals surface area contributed by atoms with E-state index in [4.69, 9.17) is 21.4 Å². The van der Waals surface area contributed by atoms with Crippen molar-refractivity contribution in [2.45, 2.75) is 12.6 Å². The Morgan fingerprint density at radius 2 is 2.12 bits per heavy atom. The number of aliphatic hydroxyl groups excluding tert-OH is 1. The van der Waals surface area contributed by atoms with Crippen LogP contribution in [0.4, 0.5) is 0 Å². The molecule has 0 aliphatic carbocycles. The number of rotatable bonds is 6. The topological polar surface area (TPSA) is 124 Å². The van der Waals surface area contributed by atoms with E-state index in [1.165, 1.54) is 19.2 Å². The number of carboxylic acids is 1. The first-order valence-electron chi connectivity index (χ1n) is 6.78. The molecular formula is C14H14ClN3O6. The van der Waals surface area contributed by atoms with Gasteiger partial charge in [-0.15, -0.1) is 0 Å². The van der Waals surface area contributed by atoms with Crippen LogP contribution in [0.3, 0.4) is 0 Å². The van der Waals surface area contributed by atoms with Gasteiger partial charge in [-0.3, -0.25) is 4.79 Å². The van der Waals surface area contributed by atoms with Crippen molar-refractivity contribution in [2.75, 3.05) is 13.7 Å². The van der Waals surface area contributed by atoms with E-state index in [1.807, 2.05) is 0 Å². The first-order valence-corrected chi connectivity index (χ1v) is 7.15. The Balaban J connectivity index is 2.57. The number of halogens is 1. The van der Waals surface area contributed by atoms with Crippen molar-refractivity contribution >= 4 is 17.6 Å². The molecule has 0 radical (unpaired) electrons. The van der Waals surface area contributed by atoms with E-state index in [9.17, 15) is 19.5 Å². The highest BCUT2D eigenvalue weighted by Crippen LogP contribution is 2.18. The predicted octanol–water partition coefficient (Wildman–Crippen LogP) is 0.273. The standard InChI is InChI=1S/C14H14ClN3O6/c1-24-5-4-11(19)17-12(20)7-16-18(14(17)23)8-2-3-10(15)9(6-8)13(21)22/h2-3,6-7,11,19H,4-5H2,1H3,(H,21,22). The van der Waals surface area contributed by atoms with Crippen LogP contribution in [-0.4, -0.2) is 44.2 Å². The van der Waals surface area contributed by atoms with Crippen LogP contribution in [-0.2, 0) is 4.74 Å². The van der Waals surface area contributed by atoms with Crippen molar-refractivity contribution < 1.29 is 19.7 Å². The highest BCUT2D eigenvalue weighted by molar-refractivity contribution is 6.33. The molecule has 128 valence electrons. The molecule has 1 unspecified atom stereocenters. The SMILES string of the molecule is COCCC(O)n1c(=O)cnn(-c2ccc(Cl)c(C(=O)O)c2)c1=O. The van der Waals surface area contributed by atoms with Gasteiger partial charge >= 0.3 is 11.7 Å². The summed E-state index contributed by atoms with van der Waals surface area (Å²) >= 11 is 5.78. The molecule has 0 spiro atoms.